The number of anilines is 3. The molecule has 0 aromatic heterocycles. The number of benzene rings is 2. The molecule has 2 aromatic carbocycles. The minimum Gasteiger partial charge on any atom is -0.372 e. The van der Waals surface area contributed by atoms with Crippen molar-refractivity contribution in [2.75, 3.05) is 28.6 Å². The van der Waals surface area contributed by atoms with Gasteiger partial charge in [0, 0.05) is 30.2 Å². The van der Waals surface area contributed by atoms with Crippen LogP contribution in [0.25, 0.3) is 0 Å². The number of rotatable bonds is 5. The van der Waals surface area contributed by atoms with Crippen LogP contribution in [0.1, 0.15) is 26.7 Å². The molecule has 1 heterocycles. The van der Waals surface area contributed by atoms with Gasteiger partial charge in [0.25, 0.3) is 0 Å². The Morgan fingerprint density at radius 2 is 1.30 bits per heavy atom. The SMILES string of the molecule is CC(C)(C(=O)Nc1ccc(F)cc1)C(=O)Nc1ccc(N2CCCC2)cc1. The lowest BCUT2D eigenvalue weighted by Gasteiger charge is -2.23. The van der Waals surface area contributed by atoms with E-state index < -0.39 is 17.2 Å². The van der Waals surface area contributed by atoms with E-state index in [2.05, 4.69) is 15.5 Å². The molecule has 27 heavy (non-hydrogen) atoms. The Hall–Kier alpha value is -2.89. The maximum absolute atomic E-state index is 13.0. The number of hydrogen-bond donors (Lipinski definition) is 2. The first-order valence-electron chi connectivity index (χ1n) is 9.10. The molecule has 2 N–H and O–H groups in total. The molecule has 0 atom stereocenters. The summed E-state index contributed by atoms with van der Waals surface area (Å²) in [5, 5.41) is 5.45. The highest BCUT2D eigenvalue weighted by Crippen LogP contribution is 2.25. The molecule has 2 amide bonds. The molecule has 0 spiro atoms. The smallest absolute Gasteiger partial charge is 0.239 e. The predicted octanol–water partition coefficient (Wildman–Crippen LogP) is 4.03. The van der Waals surface area contributed by atoms with Crippen LogP contribution in [0.5, 0.6) is 0 Å². The van der Waals surface area contributed by atoms with Crippen LogP contribution in [0.3, 0.4) is 0 Å². The number of halogens is 1. The molecule has 5 nitrogen and oxygen atoms in total. The molecule has 1 aliphatic heterocycles. The summed E-state index contributed by atoms with van der Waals surface area (Å²) >= 11 is 0. The van der Waals surface area contributed by atoms with Crippen LogP contribution in [0.15, 0.2) is 48.5 Å². The van der Waals surface area contributed by atoms with Crippen molar-refractivity contribution in [1.29, 1.82) is 0 Å². The molecule has 0 saturated carbocycles. The number of nitrogens with one attached hydrogen (secondary N) is 2. The molecule has 0 aliphatic carbocycles. The molecule has 3 rings (SSSR count). The number of nitrogens with zero attached hydrogens (tertiary/aromatic N) is 1. The van der Waals surface area contributed by atoms with Crippen molar-refractivity contribution < 1.29 is 14.0 Å². The van der Waals surface area contributed by atoms with E-state index in [0.717, 1.165) is 18.8 Å². The molecule has 1 aliphatic rings. The number of carbonyl (C=O) groups excluding carboxylic acids is 2. The molecule has 1 saturated heterocycles. The minimum absolute atomic E-state index is 0.387. The van der Waals surface area contributed by atoms with E-state index in [4.69, 9.17) is 0 Å². The highest BCUT2D eigenvalue weighted by molar-refractivity contribution is 6.14. The molecule has 0 radical (unpaired) electrons. The van der Waals surface area contributed by atoms with Gasteiger partial charge in [0.15, 0.2) is 0 Å². The van der Waals surface area contributed by atoms with Gasteiger partial charge in [-0.1, -0.05) is 0 Å². The lowest BCUT2D eigenvalue weighted by molar-refractivity contribution is -0.135. The lowest BCUT2D eigenvalue weighted by Crippen LogP contribution is -2.41. The van der Waals surface area contributed by atoms with Crippen LogP contribution < -0.4 is 15.5 Å². The standard InChI is InChI=1S/C21H24FN3O2/c1-21(2,19(26)23-16-7-5-15(22)6-8-16)20(27)24-17-9-11-18(12-10-17)25-13-3-4-14-25/h5-12H,3-4,13-14H2,1-2H3,(H,23,26)(H,24,27). The quantitative estimate of drug-likeness (QED) is 0.782. The molecular weight excluding hydrogens is 345 g/mol. The first-order valence-corrected chi connectivity index (χ1v) is 9.10. The van der Waals surface area contributed by atoms with E-state index in [1.54, 1.807) is 13.8 Å². The average Bonchev–Trinajstić information content (AvgIpc) is 3.19. The Kier molecular flexibility index (Phi) is 5.44. The van der Waals surface area contributed by atoms with Crippen LogP contribution in [0.2, 0.25) is 0 Å². The fraction of sp³-hybridized carbons (Fsp3) is 0.333. The summed E-state index contributed by atoms with van der Waals surface area (Å²) in [6.45, 7) is 5.23. The zero-order chi connectivity index (χ0) is 19.4. The highest BCUT2D eigenvalue weighted by atomic mass is 19.1. The van der Waals surface area contributed by atoms with Crippen molar-refractivity contribution in [3.05, 3.63) is 54.3 Å². The summed E-state index contributed by atoms with van der Waals surface area (Å²) in [6, 6.07) is 13.1. The number of amides is 2. The van der Waals surface area contributed by atoms with Gasteiger partial charge in [0.1, 0.15) is 11.2 Å². The summed E-state index contributed by atoms with van der Waals surface area (Å²) in [6.07, 6.45) is 2.41. The van der Waals surface area contributed by atoms with Crippen molar-refractivity contribution in [3.63, 3.8) is 0 Å². The van der Waals surface area contributed by atoms with Gasteiger partial charge in [-0.3, -0.25) is 9.59 Å². The van der Waals surface area contributed by atoms with Crippen LogP contribution in [-0.4, -0.2) is 24.9 Å². The van der Waals surface area contributed by atoms with E-state index in [9.17, 15) is 14.0 Å². The van der Waals surface area contributed by atoms with E-state index in [1.807, 2.05) is 24.3 Å². The van der Waals surface area contributed by atoms with Crippen molar-refractivity contribution in [1.82, 2.24) is 0 Å². The molecular formula is C21H24FN3O2. The van der Waals surface area contributed by atoms with Gasteiger partial charge < -0.3 is 15.5 Å². The summed E-state index contributed by atoms with van der Waals surface area (Å²) in [4.78, 5) is 27.4. The second kappa shape index (κ2) is 7.78. The normalized spacial score (nSPS) is 14.1. The third-order valence-electron chi connectivity index (χ3n) is 4.83. The van der Waals surface area contributed by atoms with E-state index in [-0.39, 0.29) is 5.82 Å². The molecule has 0 unspecified atom stereocenters. The van der Waals surface area contributed by atoms with Crippen molar-refractivity contribution in [3.8, 4) is 0 Å². The summed E-state index contributed by atoms with van der Waals surface area (Å²) < 4.78 is 13.0. The molecule has 2 aromatic rings. The van der Waals surface area contributed by atoms with Gasteiger partial charge in [-0.15, -0.1) is 0 Å². The largest absolute Gasteiger partial charge is 0.372 e. The van der Waals surface area contributed by atoms with Crippen molar-refractivity contribution in [2.24, 2.45) is 5.41 Å². The Labute approximate surface area is 158 Å². The van der Waals surface area contributed by atoms with Gasteiger partial charge in [-0.25, -0.2) is 4.39 Å². The van der Waals surface area contributed by atoms with Gasteiger partial charge >= 0.3 is 0 Å². The summed E-state index contributed by atoms with van der Waals surface area (Å²) in [5.41, 5.74) is 0.934. The van der Waals surface area contributed by atoms with E-state index in [0.29, 0.717) is 11.4 Å². The van der Waals surface area contributed by atoms with Crippen molar-refractivity contribution in [2.45, 2.75) is 26.7 Å². The van der Waals surface area contributed by atoms with E-state index in [1.165, 1.54) is 37.1 Å². The number of hydrogen-bond acceptors (Lipinski definition) is 3. The fourth-order valence-electron chi connectivity index (χ4n) is 2.94. The zero-order valence-corrected chi connectivity index (χ0v) is 15.6. The summed E-state index contributed by atoms with van der Waals surface area (Å²) in [5.74, 6) is -1.25. The third-order valence-corrected chi connectivity index (χ3v) is 4.83. The Morgan fingerprint density at radius 3 is 1.78 bits per heavy atom. The van der Waals surface area contributed by atoms with Gasteiger partial charge in [-0.2, -0.15) is 0 Å². The molecule has 1 fully saturated rings. The topological polar surface area (TPSA) is 61.4 Å². The van der Waals surface area contributed by atoms with Crippen molar-refractivity contribution >= 4 is 28.9 Å². The first-order chi connectivity index (χ1) is 12.9. The highest BCUT2D eigenvalue weighted by Gasteiger charge is 2.36. The van der Waals surface area contributed by atoms with E-state index >= 15 is 0 Å². The van der Waals surface area contributed by atoms with Crippen LogP contribution in [0, 0.1) is 11.2 Å². The Morgan fingerprint density at radius 1 is 0.852 bits per heavy atom. The molecule has 0 bridgehead atoms. The lowest BCUT2D eigenvalue weighted by atomic mass is 9.90. The average molecular weight is 369 g/mol. The molecule has 142 valence electrons. The van der Waals surface area contributed by atoms with Gasteiger partial charge in [0.05, 0.1) is 0 Å². The maximum atomic E-state index is 13.0. The van der Waals surface area contributed by atoms with Gasteiger partial charge in [0.2, 0.25) is 11.8 Å². The summed E-state index contributed by atoms with van der Waals surface area (Å²) in [7, 11) is 0. The fourth-order valence-corrected chi connectivity index (χ4v) is 2.94. The molecule has 6 heteroatoms. The zero-order valence-electron chi connectivity index (χ0n) is 15.6. The van der Waals surface area contributed by atoms with Gasteiger partial charge in [-0.05, 0) is 75.2 Å². The maximum Gasteiger partial charge on any atom is 0.239 e. The second-order valence-electron chi connectivity index (χ2n) is 7.28. The van der Waals surface area contributed by atoms with Crippen LogP contribution in [-0.2, 0) is 9.59 Å². The Balaban J connectivity index is 1.62. The number of carbonyl (C=O) groups is 2. The predicted molar refractivity (Wildman–Crippen MR) is 105 cm³/mol. The first kappa shape index (κ1) is 18.9. The monoisotopic (exact) mass is 369 g/mol. The third kappa shape index (κ3) is 4.45. The Bertz CT molecular complexity index is 810. The van der Waals surface area contributed by atoms with Crippen LogP contribution >= 0.6 is 0 Å². The second-order valence-corrected chi connectivity index (χ2v) is 7.28. The minimum atomic E-state index is -1.29. The van der Waals surface area contributed by atoms with Crippen LogP contribution in [0.4, 0.5) is 21.5 Å².